The number of hydrogen-bond acceptors (Lipinski definition) is 2. The van der Waals surface area contributed by atoms with Crippen LogP contribution in [0.3, 0.4) is 0 Å². The van der Waals surface area contributed by atoms with E-state index in [0.717, 1.165) is 10.5 Å². The van der Waals surface area contributed by atoms with Gasteiger partial charge in [-0.1, -0.05) is 23.9 Å². The topological polar surface area (TPSA) is 26.0 Å². The van der Waals surface area contributed by atoms with Gasteiger partial charge in [0.15, 0.2) is 0 Å². The van der Waals surface area contributed by atoms with E-state index in [1.165, 1.54) is 28.2 Å². The normalized spacial score (nSPS) is 10.7. The SMILES string of the molecule is Cc1ccc(C)c(Sc2ccc(F)cc2CN)c1. The summed E-state index contributed by atoms with van der Waals surface area (Å²) in [5.41, 5.74) is 8.95. The zero-order valence-corrected chi connectivity index (χ0v) is 11.4. The molecule has 0 saturated heterocycles. The number of nitrogens with two attached hydrogens (primary N) is 1. The van der Waals surface area contributed by atoms with Gasteiger partial charge in [-0.25, -0.2) is 4.39 Å². The first-order valence-electron chi connectivity index (χ1n) is 5.84. The van der Waals surface area contributed by atoms with E-state index in [1.54, 1.807) is 17.8 Å². The molecule has 0 spiro atoms. The average molecular weight is 261 g/mol. The number of rotatable bonds is 3. The van der Waals surface area contributed by atoms with Crippen LogP contribution in [0.15, 0.2) is 46.2 Å². The first kappa shape index (κ1) is 13.1. The van der Waals surface area contributed by atoms with Gasteiger partial charge in [-0.15, -0.1) is 0 Å². The van der Waals surface area contributed by atoms with Gasteiger partial charge in [0, 0.05) is 16.3 Å². The highest BCUT2D eigenvalue weighted by molar-refractivity contribution is 7.99. The summed E-state index contributed by atoms with van der Waals surface area (Å²) in [4.78, 5) is 2.21. The van der Waals surface area contributed by atoms with E-state index in [1.807, 2.05) is 0 Å². The quantitative estimate of drug-likeness (QED) is 0.902. The van der Waals surface area contributed by atoms with Crippen LogP contribution in [0.4, 0.5) is 4.39 Å². The van der Waals surface area contributed by atoms with Gasteiger partial charge in [0.1, 0.15) is 5.82 Å². The predicted octanol–water partition coefficient (Wildman–Crippen LogP) is 4.05. The van der Waals surface area contributed by atoms with E-state index in [4.69, 9.17) is 5.73 Å². The molecule has 2 N–H and O–H groups in total. The van der Waals surface area contributed by atoms with Crippen molar-refractivity contribution in [2.45, 2.75) is 30.2 Å². The van der Waals surface area contributed by atoms with Gasteiger partial charge in [0.05, 0.1) is 0 Å². The molecule has 94 valence electrons. The number of halogens is 1. The third kappa shape index (κ3) is 2.92. The van der Waals surface area contributed by atoms with Crippen LogP contribution in [0.5, 0.6) is 0 Å². The maximum atomic E-state index is 13.2. The molecule has 0 aliphatic carbocycles. The Morgan fingerprint density at radius 3 is 2.56 bits per heavy atom. The summed E-state index contributed by atoms with van der Waals surface area (Å²) in [6, 6.07) is 11.1. The van der Waals surface area contributed by atoms with Crippen molar-refractivity contribution < 1.29 is 4.39 Å². The van der Waals surface area contributed by atoms with Crippen LogP contribution in [-0.2, 0) is 6.54 Å². The Bertz CT molecular complexity index is 566. The van der Waals surface area contributed by atoms with Crippen LogP contribution in [-0.4, -0.2) is 0 Å². The van der Waals surface area contributed by atoms with Crippen molar-refractivity contribution in [2.75, 3.05) is 0 Å². The summed E-state index contributed by atoms with van der Waals surface area (Å²) in [6.07, 6.45) is 0. The van der Waals surface area contributed by atoms with Gasteiger partial charge in [0.2, 0.25) is 0 Å². The Labute approximate surface area is 111 Å². The molecule has 2 rings (SSSR count). The van der Waals surface area contributed by atoms with Crippen molar-refractivity contribution in [3.63, 3.8) is 0 Å². The second-order valence-electron chi connectivity index (χ2n) is 4.33. The molecule has 3 heteroatoms. The summed E-state index contributed by atoms with van der Waals surface area (Å²) in [7, 11) is 0. The highest BCUT2D eigenvalue weighted by Gasteiger charge is 2.07. The molecule has 1 nitrogen and oxygen atoms in total. The molecule has 2 aromatic rings. The molecule has 0 saturated carbocycles. The van der Waals surface area contributed by atoms with Crippen LogP contribution < -0.4 is 5.73 Å². The lowest BCUT2D eigenvalue weighted by Crippen LogP contribution is -1.99. The number of hydrogen-bond donors (Lipinski definition) is 1. The first-order valence-corrected chi connectivity index (χ1v) is 6.65. The lowest BCUT2D eigenvalue weighted by molar-refractivity contribution is 0.623. The molecule has 0 aliphatic heterocycles. The maximum absolute atomic E-state index is 13.2. The van der Waals surface area contributed by atoms with Gasteiger partial charge in [-0.05, 0) is 54.8 Å². The van der Waals surface area contributed by atoms with Gasteiger partial charge in [-0.2, -0.15) is 0 Å². The van der Waals surface area contributed by atoms with Crippen molar-refractivity contribution in [1.29, 1.82) is 0 Å². The Hall–Kier alpha value is -1.32. The fraction of sp³-hybridized carbons (Fsp3) is 0.200. The van der Waals surface area contributed by atoms with Gasteiger partial charge in [-0.3, -0.25) is 0 Å². The number of benzene rings is 2. The third-order valence-electron chi connectivity index (χ3n) is 2.81. The Morgan fingerprint density at radius 2 is 1.83 bits per heavy atom. The van der Waals surface area contributed by atoms with Gasteiger partial charge >= 0.3 is 0 Å². The van der Waals surface area contributed by atoms with Crippen LogP contribution >= 0.6 is 11.8 Å². The second-order valence-corrected chi connectivity index (χ2v) is 5.41. The van der Waals surface area contributed by atoms with E-state index in [9.17, 15) is 4.39 Å². The molecule has 0 unspecified atom stereocenters. The van der Waals surface area contributed by atoms with Gasteiger partial charge < -0.3 is 5.73 Å². The van der Waals surface area contributed by atoms with Crippen molar-refractivity contribution in [3.8, 4) is 0 Å². The fourth-order valence-corrected chi connectivity index (χ4v) is 2.86. The van der Waals surface area contributed by atoms with E-state index in [2.05, 4.69) is 32.0 Å². The molecule has 2 aromatic carbocycles. The summed E-state index contributed by atoms with van der Waals surface area (Å²) in [5.74, 6) is -0.235. The van der Waals surface area contributed by atoms with Crippen LogP contribution in [0.25, 0.3) is 0 Å². The summed E-state index contributed by atoms with van der Waals surface area (Å²) >= 11 is 1.64. The first-order chi connectivity index (χ1) is 8.60. The fourth-order valence-electron chi connectivity index (χ4n) is 1.74. The van der Waals surface area contributed by atoms with Crippen LogP contribution in [0.2, 0.25) is 0 Å². The lowest BCUT2D eigenvalue weighted by atomic mass is 10.2. The molecule has 0 aliphatic rings. The minimum absolute atomic E-state index is 0.235. The van der Waals surface area contributed by atoms with Crippen molar-refractivity contribution in [3.05, 3.63) is 58.9 Å². The Morgan fingerprint density at radius 1 is 1.06 bits per heavy atom. The predicted molar refractivity (Wildman–Crippen MR) is 74.3 cm³/mol. The molecule has 0 atom stereocenters. The standard InChI is InChI=1S/C15H16FNS/c1-10-3-4-11(2)15(7-10)18-14-6-5-13(16)8-12(14)9-17/h3-8H,9,17H2,1-2H3. The Balaban J connectivity index is 2.36. The molecule has 0 radical (unpaired) electrons. The van der Waals surface area contributed by atoms with Gasteiger partial charge in [0.25, 0.3) is 0 Å². The molecule has 0 aromatic heterocycles. The van der Waals surface area contributed by atoms with Crippen molar-refractivity contribution in [1.82, 2.24) is 0 Å². The lowest BCUT2D eigenvalue weighted by Gasteiger charge is -2.10. The average Bonchev–Trinajstić information content (AvgIpc) is 2.36. The summed E-state index contributed by atoms with van der Waals surface area (Å²) in [6.45, 7) is 4.50. The van der Waals surface area contributed by atoms with E-state index < -0.39 is 0 Å². The number of aryl methyl sites for hydroxylation is 2. The summed E-state index contributed by atoms with van der Waals surface area (Å²) < 4.78 is 13.2. The largest absolute Gasteiger partial charge is 0.326 e. The van der Waals surface area contributed by atoms with Crippen molar-refractivity contribution in [2.24, 2.45) is 5.73 Å². The molecule has 0 heterocycles. The highest BCUT2D eigenvalue weighted by atomic mass is 32.2. The molecular formula is C15H16FNS. The van der Waals surface area contributed by atoms with Crippen molar-refractivity contribution >= 4 is 11.8 Å². The third-order valence-corrected chi connectivity index (χ3v) is 4.08. The maximum Gasteiger partial charge on any atom is 0.123 e. The summed E-state index contributed by atoms with van der Waals surface area (Å²) in [5, 5.41) is 0. The minimum Gasteiger partial charge on any atom is -0.326 e. The smallest absolute Gasteiger partial charge is 0.123 e. The molecule has 0 amide bonds. The van der Waals surface area contributed by atoms with E-state index in [-0.39, 0.29) is 5.82 Å². The second kappa shape index (κ2) is 5.55. The zero-order chi connectivity index (χ0) is 13.1. The van der Waals surface area contributed by atoms with Crippen LogP contribution in [0.1, 0.15) is 16.7 Å². The molecule has 0 fully saturated rings. The minimum atomic E-state index is -0.235. The Kier molecular flexibility index (Phi) is 4.04. The molecule has 18 heavy (non-hydrogen) atoms. The monoisotopic (exact) mass is 261 g/mol. The van der Waals surface area contributed by atoms with Crippen LogP contribution in [0, 0.1) is 19.7 Å². The molecule has 0 bridgehead atoms. The van der Waals surface area contributed by atoms with E-state index in [0.29, 0.717) is 6.54 Å². The highest BCUT2D eigenvalue weighted by Crippen LogP contribution is 2.33. The molecular weight excluding hydrogens is 245 g/mol. The zero-order valence-electron chi connectivity index (χ0n) is 10.5. The van der Waals surface area contributed by atoms with E-state index >= 15 is 0 Å².